The summed E-state index contributed by atoms with van der Waals surface area (Å²) in [6, 6.07) is 7.97. The normalized spacial score (nSPS) is 23.7. The van der Waals surface area contributed by atoms with Crippen LogP contribution in [0.1, 0.15) is 30.3 Å². The molecule has 0 saturated carbocycles. The highest BCUT2D eigenvalue weighted by atomic mass is 16.5. The van der Waals surface area contributed by atoms with Crippen LogP contribution in [0, 0.1) is 0 Å². The number of morpholine rings is 1. The molecule has 3 nitrogen and oxygen atoms in total. The van der Waals surface area contributed by atoms with Crippen molar-refractivity contribution in [2.75, 3.05) is 19.7 Å². The average Bonchev–Trinajstić information content (AvgIpc) is 2.30. The largest absolute Gasteiger partial charge is 0.389 e. The van der Waals surface area contributed by atoms with Gasteiger partial charge in [-0.3, -0.25) is 0 Å². The molecule has 0 bridgehead atoms. The van der Waals surface area contributed by atoms with Crippen LogP contribution in [0.4, 0.5) is 0 Å². The molecule has 0 aliphatic carbocycles. The first-order valence-electron chi connectivity index (χ1n) is 5.37. The number of hydrogen-bond donors (Lipinski definition) is 2. The Labute approximate surface area is 90.1 Å². The molecule has 2 N–H and O–H groups in total. The molecule has 0 amide bonds. The zero-order chi connectivity index (χ0) is 10.7. The SMILES string of the molecule is CC(O)c1ccc(C2CNCCO2)cc1. The van der Waals surface area contributed by atoms with Gasteiger partial charge in [-0.05, 0) is 18.1 Å². The van der Waals surface area contributed by atoms with E-state index in [0.29, 0.717) is 0 Å². The van der Waals surface area contributed by atoms with Crippen molar-refractivity contribution in [3.63, 3.8) is 0 Å². The fourth-order valence-electron chi connectivity index (χ4n) is 1.77. The maximum absolute atomic E-state index is 9.38. The first-order chi connectivity index (χ1) is 7.27. The van der Waals surface area contributed by atoms with Crippen molar-refractivity contribution < 1.29 is 9.84 Å². The van der Waals surface area contributed by atoms with Crippen LogP contribution in [-0.4, -0.2) is 24.8 Å². The number of aliphatic hydroxyl groups excluding tert-OH is 1. The Hall–Kier alpha value is -0.900. The maximum Gasteiger partial charge on any atom is 0.0949 e. The van der Waals surface area contributed by atoms with Crippen molar-refractivity contribution >= 4 is 0 Å². The van der Waals surface area contributed by atoms with E-state index in [1.807, 2.05) is 24.3 Å². The second-order valence-corrected chi connectivity index (χ2v) is 3.91. The highest BCUT2D eigenvalue weighted by molar-refractivity contribution is 5.25. The fourth-order valence-corrected chi connectivity index (χ4v) is 1.77. The zero-order valence-electron chi connectivity index (χ0n) is 8.94. The van der Waals surface area contributed by atoms with Gasteiger partial charge in [0.15, 0.2) is 0 Å². The van der Waals surface area contributed by atoms with Gasteiger partial charge >= 0.3 is 0 Å². The van der Waals surface area contributed by atoms with Crippen molar-refractivity contribution in [1.29, 1.82) is 0 Å². The van der Waals surface area contributed by atoms with Gasteiger partial charge in [0.05, 0.1) is 18.8 Å². The third kappa shape index (κ3) is 2.56. The number of ether oxygens (including phenoxy) is 1. The Kier molecular flexibility index (Phi) is 3.36. The van der Waals surface area contributed by atoms with Crippen LogP contribution >= 0.6 is 0 Å². The Morgan fingerprint density at radius 2 is 2.13 bits per heavy atom. The molecule has 82 valence electrons. The van der Waals surface area contributed by atoms with E-state index in [9.17, 15) is 5.11 Å². The third-order valence-electron chi connectivity index (χ3n) is 2.72. The third-order valence-corrected chi connectivity index (χ3v) is 2.72. The lowest BCUT2D eigenvalue weighted by Crippen LogP contribution is -2.33. The van der Waals surface area contributed by atoms with Crippen LogP contribution in [0.15, 0.2) is 24.3 Å². The van der Waals surface area contributed by atoms with E-state index >= 15 is 0 Å². The van der Waals surface area contributed by atoms with Gasteiger partial charge in [-0.15, -0.1) is 0 Å². The van der Waals surface area contributed by atoms with Gasteiger partial charge in [0.25, 0.3) is 0 Å². The minimum Gasteiger partial charge on any atom is -0.389 e. The van der Waals surface area contributed by atoms with Gasteiger partial charge in [-0.1, -0.05) is 24.3 Å². The van der Waals surface area contributed by atoms with Crippen LogP contribution in [0.25, 0.3) is 0 Å². The maximum atomic E-state index is 9.38. The van der Waals surface area contributed by atoms with Gasteiger partial charge < -0.3 is 15.2 Å². The number of aliphatic hydroxyl groups is 1. The summed E-state index contributed by atoms with van der Waals surface area (Å²) in [7, 11) is 0. The number of rotatable bonds is 2. The average molecular weight is 207 g/mol. The molecule has 0 radical (unpaired) electrons. The van der Waals surface area contributed by atoms with Gasteiger partial charge in [0.2, 0.25) is 0 Å². The van der Waals surface area contributed by atoms with Gasteiger partial charge in [0.1, 0.15) is 0 Å². The molecule has 2 unspecified atom stereocenters. The van der Waals surface area contributed by atoms with Crippen LogP contribution in [-0.2, 0) is 4.74 Å². The number of benzene rings is 1. The predicted octanol–water partition coefficient (Wildman–Crippen LogP) is 1.40. The smallest absolute Gasteiger partial charge is 0.0949 e. The molecule has 15 heavy (non-hydrogen) atoms. The Bertz CT molecular complexity index is 302. The molecule has 1 saturated heterocycles. The highest BCUT2D eigenvalue weighted by Gasteiger charge is 2.15. The minimum absolute atomic E-state index is 0.154. The summed E-state index contributed by atoms with van der Waals surface area (Å²) in [6.07, 6.45) is -0.244. The fraction of sp³-hybridized carbons (Fsp3) is 0.500. The van der Waals surface area contributed by atoms with Crippen molar-refractivity contribution in [2.24, 2.45) is 0 Å². The molecule has 1 heterocycles. The molecule has 1 aromatic carbocycles. The summed E-state index contributed by atoms with van der Waals surface area (Å²) in [6.45, 7) is 4.34. The topological polar surface area (TPSA) is 41.5 Å². The number of hydrogen-bond acceptors (Lipinski definition) is 3. The van der Waals surface area contributed by atoms with Crippen molar-refractivity contribution in [1.82, 2.24) is 5.32 Å². The van der Waals surface area contributed by atoms with E-state index in [4.69, 9.17) is 4.74 Å². The Morgan fingerprint density at radius 1 is 1.40 bits per heavy atom. The first-order valence-corrected chi connectivity index (χ1v) is 5.37. The van der Waals surface area contributed by atoms with Crippen LogP contribution in [0.5, 0.6) is 0 Å². The van der Waals surface area contributed by atoms with Gasteiger partial charge in [0, 0.05) is 13.1 Å². The standard InChI is InChI=1S/C12H17NO2/c1-9(14)10-2-4-11(5-3-10)12-8-13-6-7-15-12/h2-5,9,12-14H,6-8H2,1H3. The summed E-state index contributed by atoms with van der Waals surface area (Å²) in [5.41, 5.74) is 2.12. The zero-order valence-corrected chi connectivity index (χ0v) is 8.94. The van der Waals surface area contributed by atoms with Crippen molar-refractivity contribution in [3.05, 3.63) is 35.4 Å². The molecule has 1 fully saturated rings. The second-order valence-electron chi connectivity index (χ2n) is 3.91. The minimum atomic E-state index is -0.399. The molecule has 3 heteroatoms. The monoisotopic (exact) mass is 207 g/mol. The molecule has 0 aromatic heterocycles. The summed E-state index contributed by atoms with van der Waals surface area (Å²) < 4.78 is 5.64. The van der Waals surface area contributed by atoms with Gasteiger partial charge in [-0.2, -0.15) is 0 Å². The van der Waals surface area contributed by atoms with Crippen LogP contribution in [0.2, 0.25) is 0 Å². The summed E-state index contributed by atoms with van der Waals surface area (Å²) in [4.78, 5) is 0. The van der Waals surface area contributed by atoms with E-state index in [0.717, 1.165) is 25.3 Å². The summed E-state index contributed by atoms with van der Waals surface area (Å²) in [5.74, 6) is 0. The van der Waals surface area contributed by atoms with E-state index < -0.39 is 6.10 Å². The molecule has 1 aliphatic heterocycles. The molecule has 2 atom stereocenters. The van der Waals surface area contributed by atoms with Crippen LogP contribution < -0.4 is 5.32 Å². The lowest BCUT2D eigenvalue weighted by Gasteiger charge is -2.24. The molecule has 2 rings (SSSR count). The van der Waals surface area contributed by atoms with E-state index in [-0.39, 0.29) is 6.10 Å². The lowest BCUT2D eigenvalue weighted by atomic mass is 10.0. The van der Waals surface area contributed by atoms with Crippen molar-refractivity contribution in [2.45, 2.75) is 19.1 Å². The predicted molar refractivity (Wildman–Crippen MR) is 58.6 cm³/mol. The van der Waals surface area contributed by atoms with E-state index in [1.54, 1.807) is 6.92 Å². The Morgan fingerprint density at radius 3 is 2.67 bits per heavy atom. The first kappa shape index (κ1) is 10.6. The molecule has 0 spiro atoms. The lowest BCUT2D eigenvalue weighted by molar-refractivity contribution is 0.0276. The summed E-state index contributed by atoms with van der Waals surface area (Å²) >= 11 is 0. The quantitative estimate of drug-likeness (QED) is 0.770. The van der Waals surface area contributed by atoms with E-state index in [2.05, 4.69) is 5.32 Å². The summed E-state index contributed by atoms with van der Waals surface area (Å²) in [5, 5.41) is 12.7. The highest BCUT2D eigenvalue weighted by Crippen LogP contribution is 2.21. The van der Waals surface area contributed by atoms with Crippen LogP contribution in [0.3, 0.4) is 0 Å². The van der Waals surface area contributed by atoms with E-state index in [1.165, 1.54) is 5.56 Å². The molecule has 1 aromatic rings. The molecular formula is C12H17NO2. The number of nitrogens with one attached hydrogen (secondary N) is 1. The van der Waals surface area contributed by atoms with Crippen molar-refractivity contribution in [3.8, 4) is 0 Å². The molecular weight excluding hydrogens is 190 g/mol. The second kappa shape index (κ2) is 4.75. The molecule has 1 aliphatic rings. The Balaban J connectivity index is 2.08. The van der Waals surface area contributed by atoms with Gasteiger partial charge in [-0.25, -0.2) is 0 Å².